The number of aryl methyl sites for hydroxylation is 2. The monoisotopic (exact) mass is 398 g/mol. The van der Waals surface area contributed by atoms with Crippen molar-refractivity contribution in [2.75, 3.05) is 26.2 Å². The third-order valence-electron chi connectivity index (χ3n) is 4.69. The smallest absolute Gasteiger partial charge is 0.227 e. The third kappa shape index (κ3) is 4.60. The molecule has 0 atom stereocenters. The van der Waals surface area contributed by atoms with Crippen molar-refractivity contribution in [3.05, 3.63) is 46.4 Å². The number of nitrogens with zero attached hydrogens (tertiary/aromatic N) is 6. The maximum Gasteiger partial charge on any atom is 0.227 e. The molecule has 146 valence electrons. The molecule has 3 aromatic rings. The van der Waals surface area contributed by atoms with Gasteiger partial charge in [-0.2, -0.15) is 4.98 Å². The number of rotatable bonds is 6. The maximum absolute atomic E-state index is 12.5. The summed E-state index contributed by atoms with van der Waals surface area (Å²) in [5, 5.41) is 7.14. The van der Waals surface area contributed by atoms with Crippen molar-refractivity contribution >= 4 is 17.2 Å². The first-order valence-corrected chi connectivity index (χ1v) is 10.2. The van der Waals surface area contributed by atoms with Gasteiger partial charge >= 0.3 is 0 Å². The number of carbonyl (C=O) groups is 1. The van der Waals surface area contributed by atoms with Gasteiger partial charge in [-0.3, -0.25) is 14.7 Å². The fraction of sp³-hybridized carbons (Fsp3) is 0.421. The number of carbonyl (C=O) groups excluding carboxylic acids is 1. The normalized spacial score (nSPS) is 15.1. The van der Waals surface area contributed by atoms with Crippen LogP contribution in [-0.2, 0) is 17.8 Å². The quantitative estimate of drug-likeness (QED) is 0.629. The van der Waals surface area contributed by atoms with E-state index in [0.717, 1.165) is 43.4 Å². The average Bonchev–Trinajstić information content (AvgIpc) is 3.36. The van der Waals surface area contributed by atoms with E-state index in [1.54, 1.807) is 17.5 Å². The van der Waals surface area contributed by atoms with Crippen molar-refractivity contribution < 1.29 is 9.32 Å². The van der Waals surface area contributed by atoms with Crippen LogP contribution in [0.15, 0.2) is 34.3 Å². The van der Waals surface area contributed by atoms with Crippen LogP contribution in [0.3, 0.4) is 0 Å². The number of aromatic nitrogens is 4. The first-order valence-electron chi connectivity index (χ1n) is 9.32. The Hall–Kier alpha value is -2.65. The molecule has 0 radical (unpaired) electrons. The molecule has 1 aliphatic rings. The first-order chi connectivity index (χ1) is 13.7. The highest BCUT2D eigenvalue weighted by molar-refractivity contribution is 7.09. The Kier molecular flexibility index (Phi) is 5.73. The van der Waals surface area contributed by atoms with E-state index in [1.165, 1.54) is 0 Å². The Labute approximate surface area is 167 Å². The highest BCUT2D eigenvalue weighted by Gasteiger charge is 2.22. The van der Waals surface area contributed by atoms with Crippen LogP contribution in [0.1, 0.15) is 23.0 Å². The second-order valence-corrected chi connectivity index (χ2v) is 7.80. The summed E-state index contributed by atoms with van der Waals surface area (Å²) >= 11 is 1.68. The van der Waals surface area contributed by atoms with E-state index in [4.69, 9.17) is 4.52 Å². The Morgan fingerprint density at radius 2 is 2.07 bits per heavy atom. The van der Waals surface area contributed by atoms with Gasteiger partial charge in [-0.05, 0) is 19.1 Å². The highest BCUT2D eigenvalue weighted by atomic mass is 32.1. The minimum atomic E-state index is 0.127. The van der Waals surface area contributed by atoms with E-state index in [2.05, 4.69) is 30.4 Å². The van der Waals surface area contributed by atoms with E-state index in [9.17, 15) is 4.79 Å². The second-order valence-electron chi connectivity index (χ2n) is 6.74. The summed E-state index contributed by atoms with van der Waals surface area (Å²) < 4.78 is 5.26. The third-order valence-corrected chi connectivity index (χ3v) is 5.51. The minimum absolute atomic E-state index is 0.127. The molecule has 0 N–H and O–H groups in total. The van der Waals surface area contributed by atoms with Crippen LogP contribution in [0.2, 0.25) is 0 Å². The van der Waals surface area contributed by atoms with Crippen molar-refractivity contribution in [3.63, 3.8) is 0 Å². The fourth-order valence-electron chi connectivity index (χ4n) is 3.19. The predicted octanol–water partition coefficient (Wildman–Crippen LogP) is 2.17. The first kappa shape index (κ1) is 18.7. The zero-order chi connectivity index (χ0) is 19.3. The topological polar surface area (TPSA) is 88.3 Å². The molecule has 0 bridgehead atoms. The van der Waals surface area contributed by atoms with Crippen LogP contribution in [-0.4, -0.2) is 62.0 Å². The summed E-state index contributed by atoms with van der Waals surface area (Å²) in [5.74, 6) is 1.04. The standard InChI is InChI=1S/C19H22N6O2S/c1-14-21-15(13-28-14)12-24-8-10-25(11-9-24)18(26)6-5-17-22-19(23-27-17)16-4-2-3-7-20-16/h2-4,7,13H,5-6,8-12H2,1H3. The van der Waals surface area contributed by atoms with Crippen LogP contribution in [0, 0.1) is 6.92 Å². The minimum Gasteiger partial charge on any atom is -0.340 e. The van der Waals surface area contributed by atoms with Gasteiger partial charge in [0.25, 0.3) is 0 Å². The van der Waals surface area contributed by atoms with Gasteiger partial charge in [-0.1, -0.05) is 11.2 Å². The van der Waals surface area contributed by atoms with Crippen LogP contribution in [0.25, 0.3) is 11.5 Å². The van der Waals surface area contributed by atoms with Gasteiger partial charge in [-0.15, -0.1) is 11.3 Å². The summed E-state index contributed by atoms with van der Waals surface area (Å²) in [6, 6.07) is 5.53. The van der Waals surface area contributed by atoms with Crippen molar-refractivity contribution in [1.29, 1.82) is 0 Å². The van der Waals surface area contributed by atoms with Gasteiger partial charge in [0.15, 0.2) is 0 Å². The van der Waals surface area contributed by atoms with Crippen molar-refractivity contribution in [1.82, 2.24) is 29.9 Å². The van der Waals surface area contributed by atoms with E-state index in [1.807, 2.05) is 30.0 Å². The lowest BCUT2D eigenvalue weighted by Gasteiger charge is -2.34. The lowest BCUT2D eigenvalue weighted by Crippen LogP contribution is -2.48. The number of piperazine rings is 1. The van der Waals surface area contributed by atoms with Gasteiger partial charge < -0.3 is 9.42 Å². The molecule has 1 aliphatic heterocycles. The van der Waals surface area contributed by atoms with Gasteiger partial charge in [0, 0.05) is 57.1 Å². The van der Waals surface area contributed by atoms with E-state index in [-0.39, 0.29) is 5.91 Å². The molecule has 1 amide bonds. The van der Waals surface area contributed by atoms with E-state index in [0.29, 0.717) is 30.3 Å². The molecule has 0 unspecified atom stereocenters. The molecular weight excluding hydrogens is 376 g/mol. The Morgan fingerprint density at radius 1 is 1.21 bits per heavy atom. The molecule has 4 heterocycles. The van der Waals surface area contributed by atoms with Crippen LogP contribution < -0.4 is 0 Å². The molecule has 1 fully saturated rings. The number of hydrogen-bond acceptors (Lipinski definition) is 8. The number of hydrogen-bond donors (Lipinski definition) is 0. The van der Waals surface area contributed by atoms with E-state index < -0.39 is 0 Å². The molecule has 4 rings (SSSR count). The molecule has 0 aliphatic carbocycles. The largest absolute Gasteiger partial charge is 0.340 e. The van der Waals surface area contributed by atoms with Crippen LogP contribution in [0.4, 0.5) is 0 Å². The zero-order valence-electron chi connectivity index (χ0n) is 15.7. The summed E-state index contributed by atoms with van der Waals surface area (Å²) in [6.45, 7) is 6.09. The summed E-state index contributed by atoms with van der Waals surface area (Å²) in [7, 11) is 0. The Balaban J connectivity index is 1.23. The number of pyridine rings is 1. The van der Waals surface area contributed by atoms with Gasteiger partial charge in [0.2, 0.25) is 17.6 Å². The maximum atomic E-state index is 12.5. The van der Waals surface area contributed by atoms with Crippen molar-refractivity contribution in [3.8, 4) is 11.5 Å². The van der Waals surface area contributed by atoms with Crippen LogP contribution in [0.5, 0.6) is 0 Å². The molecule has 9 heteroatoms. The van der Waals surface area contributed by atoms with Gasteiger partial charge in [0.05, 0.1) is 10.7 Å². The SMILES string of the molecule is Cc1nc(CN2CCN(C(=O)CCc3nc(-c4ccccn4)no3)CC2)cs1. The molecule has 0 spiro atoms. The molecule has 28 heavy (non-hydrogen) atoms. The zero-order valence-corrected chi connectivity index (χ0v) is 16.6. The van der Waals surface area contributed by atoms with Crippen LogP contribution >= 0.6 is 11.3 Å². The number of thiazole rings is 1. The lowest BCUT2D eigenvalue weighted by molar-refractivity contribution is -0.133. The molecule has 0 saturated carbocycles. The summed E-state index contributed by atoms with van der Waals surface area (Å²) in [5.41, 5.74) is 1.78. The predicted molar refractivity (Wildman–Crippen MR) is 105 cm³/mol. The summed E-state index contributed by atoms with van der Waals surface area (Å²) in [4.78, 5) is 29.8. The highest BCUT2D eigenvalue weighted by Crippen LogP contribution is 2.15. The summed E-state index contributed by atoms with van der Waals surface area (Å²) in [6.07, 6.45) is 2.50. The molecule has 3 aromatic heterocycles. The van der Waals surface area contributed by atoms with Crippen molar-refractivity contribution in [2.45, 2.75) is 26.3 Å². The lowest BCUT2D eigenvalue weighted by atomic mass is 10.2. The van der Waals surface area contributed by atoms with Crippen molar-refractivity contribution in [2.24, 2.45) is 0 Å². The molecule has 1 saturated heterocycles. The second kappa shape index (κ2) is 8.57. The average molecular weight is 398 g/mol. The van der Waals surface area contributed by atoms with E-state index >= 15 is 0 Å². The van der Waals surface area contributed by atoms with Gasteiger partial charge in [0.1, 0.15) is 5.69 Å². The Bertz CT molecular complexity index is 917. The Morgan fingerprint density at radius 3 is 2.79 bits per heavy atom. The van der Waals surface area contributed by atoms with Gasteiger partial charge in [-0.25, -0.2) is 4.98 Å². The fourth-order valence-corrected chi connectivity index (χ4v) is 3.80. The molecular formula is C19H22N6O2S. The molecule has 8 nitrogen and oxygen atoms in total. The number of amides is 1. The molecule has 0 aromatic carbocycles.